The Bertz CT molecular complexity index is 487. The van der Waals surface area contributed by atoms with Crippen LogP contribution in [0.25, 0.3) is 0 Å². The summed E-state index contributed by atoms with van der Waals surface area (Å²) in [5.41, 5.74) is 2.06. The van der Waals surface area contributed by atoms with Gasteiger partial charge in [0.2, 0.25) is 0 Å². The maximum Gasteiger partial charge on any atom is 0.113 e. The van der Waals surface area contributed by atoms with Gasteiger partial charge >= 0.3 is 0 Å². The largest absolute Gasteiger partial charge is 0.383 e. The molecule has 16 heavy (non-hydrogen) atoms. The van der Waals surface area contributed by atoms with Crippen molar-refractivity contribution in [2.75, 3.05) is 0 Å². The van der Waals surface area contributed by atoms with Gasteiger partial charge in [-0.1, -0.05) is 22.0 Å². The van der Waals surface area contributed by atoms with E-state index >= 15 is 0 Å². The number of hydrogen-bond donors (Lipinski definition) is 1. The number of rotatable bonds is 2. The monoisotopic (exact) mass is 360 g/mol. The molecule has 0 bridgehead atoms. The Kier molecular flexibility index (Phi) is 3.85. The van der Waals surface area contributed by atoms with Gasteiger partial charge in [-0.3, -0.25) is 0 Å². The summed E-state index contributed by atoms with van der Waals surface area (Å²) in [4.78, 5) is 0.948. The van der Waals surface area contributed by atoms with Gasteiger partial charge in [0.25, 0.3) is 0 Å². The van der Waals surface area contributed by atoms with Crippen LogP contribution in [0.15, 0.2) is 38.6 Å². The molecule has 0 spiro atoms. The third-order valence-corrected chi connectivity index (χ3v) is 4.38. The highest BCUT2D eigenvalue weighted by Crippen LogP contribution is 2.32. The predicted octanol–water partition coefficient (Wildman–Crippen LogP) is 4.66. The molecule has 1 unspecified atom stereocenters. The van der Waals surface area contributed by atoms with Gasteiger partial charge in [-0.2, -0.15) is 0 Å². The van der Waals surface area contributed by atoms with Gasteiger partial charge in [0.1, 0.15) is 6.10 Å². The zero-order valence-corrected chi connectivity index (χ0v) is 12.6. The first kappa shape index (κ1) is 12.3. The zero-order valence-electron chi connectivity index (χ0n) is 8.58. The summed E-state index contributed by atoms with van der Waals surface area (Å²) in [6.07, 6.45) is -0.549. The van der Waals surface area contributed by atoms with E-state index in [1.807, 2.05) is 37.3 Å². The number of aliphatic hydroxyl groups excluding tert-OH is 1. The second kappa shape index (κ2) is 5.00. The average Bonchev–Trinajstić information content (AvgIpc) is 2.62. The topological polar surface area (TPSA) is 20.2 Å². The highest BCUT2D eigenvalue weighted by molar-refractivity contribution is 9.11. The highest BCUT2D eigenvalue weighted by Gasteiger charge is 2.13. The summed E-state index contributed by atoms with van der Waals surface area (Å²) in [6, 6.07) is 9.87. The molecule has 1 N–H and O–H groups in total. The maximum atomic E-state index is 10.2. The van der Waals surface area contributed by atoms with Crippen molar-refractivity contribution >= 4 is 43.2 Å². The smallest absolute Gasteiger partial charge is 0.113 e. The Morgan fingerprint density at radius 3 is 2.50 bits per heavy atom. The Morgan fingerprint density at radius 2 is 1.94 bits per heavy atom. The Hall–Kier alpha value is -0.160. The van der Waals surface area contributed by atoms with Crippen LogP contribution in [0.4, 0.5) is 0 Å². The zero-order chi connectivity index (χ0) is 11.7. The average molecular weight is 362 g/mol. The SMILES string of the molecule is Cc1cc(Br)cc(C(O)c2ccc(Br)s2)c1. The number of benzene rings is 1. The predicted molar refractivity (Wildman–Crippen MR) is 75.0 cm³/mol. The molecule has 0 aliphatic heterocycles. The standard InChI is InChI=1S/C12H10Br2OS/c1-7-4-8(6-9(13)5-7)12(15)10-2-3-11(14)16-10/h2-6,12,15H,1H3. The first-order valence-electron chi connectivity index (χ1n) is 4.76. The van der Waals surface area contributed by atoms with Crippen molar-refractivity contribution in [1.29, 1.82) is 0 Å². The van der Waals surface area contributed by atoms with Crippen molar-refractivity contribution in [3.05, 3.63) is 54.6 Å². The molecular formula is C12H10Br2OS. The van der Waals surface area contributed by atoms with E-state index in [0.29, 0.717) is 0 Å². The van der Waals surface area contributed by atoms with Gasteiger partial charge in [-0.25, -0.2) is 0 Å². The second-order valence-corrected chi connectivity index (χ2v) is 7.02. The Labute approximate surface area is 115 Å². The van der Waals surface area contributed by atoms with Gasteiger partial charge in [0.05, 0.1) is 3.79 Å². The van der Waals surface area contributed by atoms with E-state index in [2.05, 4.69) is 31.9 Å². The lowest BCUT2D eigenvalue weighted by Crippen LogP contribution is -1.97. The van der Waals surface area contributed by atoms with Crippen molar-refractivity contribution < 1.29 is 5.11 Å². The minimum absolute atomic E-state index is 0.549. The molecule has 84 valence electrons. The van der Waals surface area contributed by atoms with Gasteiger partial charge in [0.15, 0.2) is 0 Å². The number of thiophene rings is 1. The summed E-state index contributed by atoms with van der Waals surface area (Å²) < 4.78 is 2.03. The van der Waals surface area contributed by atoms with Crippen LogP contribution in [0.1, 0.15) is 22.1 Å². The molecule has 0 saturated heterocycles. The van der Waals surface area contributed by atoms with E-state index in [0.717, 1.165) is 24.3 Å². The molecule has 0 fully saturated rings. The summed E-state index contributed by atoms with van der Waals surface area (Å²) >= 11 is 8.40. The third kappa shape index (κ3) is 2.74. The minimum atomic E-state index is -0.549. The lowest BCUT2D eigenvalue weighted by atomic mass is 10.1. The fraction of sp³-hybridized carbons (Fsp3) is 0.167. The van der Waals surface area contributed by atoms with Crippen LogP contribution in [-0.4, -0.2) is 5.11 Å². The summed E-state index contributed by atoms with van der Waals surface area (Å²) in [5.74, 6) is 0. The van der Waals surface area contributed by atoms with Crippen LogP contribution in [0.2, 0.25) is 0 Å². The molecule has 0 saturated carbocycles. The number of aliphatic hydroxyl groups is 1. The van der Waals surface area contributed by atoms with Gasteiger partial charge in [-0.05, 0) is 58.2 Å². The minimum Gasteiger partial charge on any atom is -0.383 e. The van der Waals surface area contributed by atoms with Crippen molar-refractivity contribution in [1.82, 2.24) is 0 Å². The van der Waals surface area contributed by atoms with E-state index in [9.17, 15) is 5.11 Å². The molecule has 2 rings (SSSR count). The normalized spacial score (nSPS) is 12.8. The van der Waals surface area contributed by atoms with Crippen LogP contribution in [0, 0.1) is 6.92 Å². The Morgan fingerprint density at radius 1 is 1.19 bits per heavy atom. The Balaban J connectivity index is 2.37. The van der Waals surface area contributed by atoms with E-state index in [1.54, 1.807) is 11.3 Å². The molecule has 1 nitrogen and oxygen atoms in total. The molecule has 1 heterocycles. The molecule has 0 amide bonds. The molecule has 0 aliphatic carbocycles. The first-order chi connectivity index (χ1) is 7.56. The molecule has 1 aromatic heterocycles. The summed E-state index contributed by atoms with van der Waals surface area (Å²) in [7, 11) is 0. The van der Waals surface area contributed by atoms with Crippen LogP contribution >= 0.6 is 43.2 Å². The summed E-state index contributed by atoms with van der Waals surface area (Å²) in [6.45, 7) is 2.02. The quantitative estimate of drug-likeness (QED) is 0.824. The molecular weight excluding hydrogens is 352 g/mol. The van der Waals surface area contributed by atoms with Crippen LogP contribution < -0.4 is 0 Å². The highest BCUT2D eigenvalue weighted by atomic mass is 79.9. The maximum absolute atomic E-state index is 10.2. The molecule has 4 heteroatoms. The van der Waals surface area contributed by atoms with Crippen LogP contribution in [-0.2, 0) is 0 Å². The van der Waals surface area contributed by atoms with Crippen LogP contribution in [0.5, 0.6) is 0 Å². The van der Waals surface area contributed by atoms with Crippen molar-refractivity contribution in [2.24, 2.45) is 0 Å². The lowest BCUT2D eigenvalue weighted by Gasteiger charge is -2.10. The molecule has 1 atom stereocenters. The van der Waals surface area contributed by atoms with Gasteiger partial charge in [0, 0.05) is 9.35 Å². The summed E-state index contributed by atoms with van der Waals surface area (Å²) in [5, 5.41) is 10.2. The first-order valence-corrected chi connectivity index (χ1v) is 7.17. The van der Waals surface area contributed by atoms with Crippen LogP contribution in [0.3, 0.4) is 0 Å². The van der Waals surface area contributed by atoms with E-state index in [-0.39, 0.29) is 0 Å². The van der Waals surface area contributed by atoms with E-state index < -0.39 is 6.10 Å². The fourth-order valence-electron chi connectivity index (χ4n) is 1.56. The molecule has 0 aliphatic rings. The van der Waals surface area contributed by atoms with Gasteiger partial charge in [-0.15, -0.1) is 11.3 Å². The number of hydrogen-bond acceptors (Lipinski definition) is 2. The van der Waals surface area contributed by atoms with Crippen molar-refractivity contribution in [2.45, 2.75) is 13.0 Å². The fourth-order valence-corrected chi connectivity index (χ4v) is 3.63. The third-order valence-electron chi connectivity index (χ3n) is 2.24. The number of halogens is 2. The van der Waals surface area contributed by atoms with E-state index in [1.165, 1.54) is 0 Å². The molecule has 0 radical (unpaired) electrons. The van der Waals surface area contributed by atoms with Gasteiger partial charge < -0.3 is 5.11 Å². The lowest BCUT2D eigenvalue weighted by molar-refractivity contribution is 0.224. The molecule has 2 aromatic rings. The van der Waals surface area contributed by atoms with Crippen molar-refractivity contribution in [3.63, 3.8) is 0 Å². The van der Waals surface area contributed by atoms with Crippen molar-refractivity contribution in [3.8, 4) is 0 Å². The molecule has 1 aromatic carbocycles. The second-order valence-electron chi connectivity index (χ2n) is 3.61. The number of aryl methyl sites for hydroxylation is 1. The van der Waals surface area contributed by atoms with E-state index in [4.69, 9.17) is 0 Å².